The summed E-state index contributed by atoms with van der Waals surface area (Å²) in [4.78, 5) is 4.64. The van der Waals surface area contributed by atoms with Crippen molar-refractivity contribution in [3.05, 3.63) is 53.6 Å². The summed E-state index contributed by atoms with van der Waals surface area (Å²) in [6.07, 6.45) is -0.497. The number of rotatable bonds is 7. The minimum atomic E-state index is -0.497. The van der Waals surface area contributed by atoms with Crippen LogP contribution in [0.1, 0.15) is 11.1 Å². The molecule has 0 spiro atoms. The molecule has 27 heavy (non-hydrogen) atoms. The highest BCUT2D eigenvalue weighted by Gasteiger charge is 2.21. The molecule has 0 unspecified atom stereocenters. The number of hydrogen-bond donors (Lipinski definition) is 1. The van der Waals surface area contributed by atoms with Crippen LogP contribution in [0.5, 0.6) is 11.5 Å². The van der Waals surface area contributed by atoms with E-state index in [0.717, 1.165) is 48.9 Å². The van der Waals surface area contributed by atoms with Gasteiger partial charge in [0.15, 0.2) is 0 Å². The van der Waals surface area contributed by atoms with Crippen LogP contribution in [-0.2, 0) is 0 Å². The third-order valence-electron chi connectivity index (χ3n) is 5.25. The second-order valence-electron chi connectivity index (χ2n) is 7.12. The smallest absolute Gasteiger partial charge is 0.142 e. The van der Waals surface area contributed by atoms with Crippen LogP contribution in [0.3, 0.4) is 0 Å². The third-order valence-corrected chi connectivity index (χ3v) is 5.25. The van der Waals surface area contributed by atoms with E-state index in [1.54, 1.807) is 7.11 Å². The fourth-order valence-corrected chi connectivity index (χ4v) is 3.48. The number of anilines is 1. The molecule has 3 rings (SSSR count). The summed E-state index contributed by atoms with van der Waals surface area (Å²) < 4.78 is 11.3. The summed E-state index contributed by atoms with van der Waals surface area (Å²) in [7, 11) is 1.71. The van der Waals surface area contributed by atoms with Crippen molar-refractivity contribution in [1.29, 1.82) is 0 Å². The number of aryl methyl sites for hydroxylation is 1. The Labute approximate surface area is 162 Å². The fourth-order valence-electron chi connectivity index (χ4n) is 3.48. The van der Waals surface area contributed by atoms with E-state index < -0.39 is 6.10 Å². The van der Waals surface area contributed by atoms with E-state index in [1.165, 1.54) is 5.56 Å². The van der Waals surface area contributed by atoms with Gasteiger partial charge in [0.1, 0.15) is 24.2 Å². The van der Waals surface area contributed by atoms with E-state index in [1.807, 2.05) is 37.3 Å². The van der Waals surface area contributed by atoms with Crippen LogP contribution in [0.2, 0.25) is 0 Å². The van der Waals surface area contributed by atoms with Crippen LogP contribution < -0.4 is 14.4 Å². The first-order valence-electron chi connectivity index (χ1n) is 9.56. The van der Waals surface area contributed by atoms with Crippen molar-refractivity contribution in [2.45, 2.75) is 20.0 Å². The summed E-state index contributed by atoms with van der Waals surface area (Å²) in [5, 5.41) is 10.4. The van der Waals surface area contributed by atoms with Crippen LogP contribution in [0.25, 0.3) is 0 Å². The molecule has 1 heterocycles. The van der Waals surface area contributed by atoms with Gasteiger partial charge in [-0.25, -0.2) is 0 Å². The van der Waals surface area contributed by atoms with Crippen LogP contribution in [0, 0.1) is 13.8 Å². The van der Waals surface area contributed by atoms with E-state index in [0.29, 0.717) is 13.2 Å². The van der Waals surface area contributed by atoms with E-state index >= 15 is 0 Å². The highest BCUT2D eigenvalue weighted by Crippen LogP contribution is 2.28. The predicted molar refractivity (Wildman–Crippen MR) is 109 cm³/mol. The normalized spacial score (nSPS) is 16.2. The largest absolute Gasteiger partial charge is 0.495 e. The Morgan fingerprint density at radius 2 is 1.67 bits per heavy atom. The standard InChI is InChI=1S/C22H30N2O3/c1-17-7-6-10-21(18(17)2)27-16-19(25)15-23-11-13-24(14-12-23)20-8-4-5-9-22(20)26-3/h4-10,19,25H,11-16H2,1-3H3/t19-/m1/s1. The molecule has 1 saturated heterocycles. The molecule has 0 radical (unpaired) electrons. The van der Waals surface area contributed by atoms with Crippen molar-refractivity contribution in [1.82, 2.24) is 4.90 Å². The van der Waals surface area contributed by atoms with Gasteiger partial charge in [0.25, 0.3) is 0 Å². The molecule has 0 amide bonds. The molecule has 1 aliphatic rings. The molecule has 146 valence electrons. The zero-order chi connectivity index (χ0) is 19.2. The first-order chi connectivity index (χ1) is 13.1. The van der Waals surface area contributed by atoms with E-state index in [9.17, 15) is 5.11 Å². The Balaban J connectivity index is 1.47. The Kier molecular flexibility index (Phi) is 6.58. The Hall–Kier alpha value is -2.24. The lowest BCUT2D eigenvalue weighted by Gasteiger charge is -2.37. The molecule has 0 saturated carbocycles. The van der Waals surface area contributed by atoms with Crippen molar-refractivity contribution in [3.63, 3.8) is 0 Å². The summed E-state index contributed by atoms with van der Waals surface area (Å²) in [6.45, 7) is 8.74. The molecule has 1 aliphatic heterocycles. The van der Waals surface area contributed by atoms with Crippen molar-refractivity contribution >= 4 is 5.69 Å². The monoisotopic (exact) mass is 370 g/mol. The van der Waals surface area contributed by atoms with Crippen LogP contribution in [0.15, 0.2) is 42.5 Å². The zero-order valence-electron chi connectivity index (χ0n) is 16.5. The molecule has 2 aromatic carbocycles. The molecule has 1 atom stereocenters. The summed E-state index contributed by atoms with van der Waals surface area (Å²) in [6, 6.07) is 14.1. The quantitative estimate of drug-likeness (QED) is 0.812. The van der Waals surface area contributed by atoms with Crippen molar-refractivity contribution in [2.75, 3.05) is 51.3 Å². The molecular weight excluding hydrogens is 340 g/mol. The molecule has 0 aromatic heterocycles. The lowest BCUT2D eigenvalue weighted by atomic mass is 10.1. The first-order valence-corrected chi connectivity index (χ1v) is 9.56. The van der Waals surface area contributed by atoms with Crippen LogP contribution in [0.4, 0.5) is 5.69 Å². The number of hydrogen-bond acceptors (Lipinski definition) is 5. The maximum absolute atomic E-state index is 10.4. The second-order valence-corrected chi connectivity index (χ2v) is 7.12. The number of para-hydroxylation sites is 2. The molecule has 0 bridgehead atoms. The van der Waals surface area contributed by atoms with Crippen LogP contribution in [-0.4, -0.2) is 62.6 Å². The summed E-state index contributed by atoms with van der Waals surface area (Å²) >= 11 is 0. The predicted octanol–water partition coefficient (Wildman–Crippen LogP) is 2.87. The molecular formula is C22H30N2O3. The number of methoxy groups -OCH3 is 1. The van der Waals surface area contributed by atoms with E-state index in [-0.39, 0.29) is 0 Å². The second kappa shape index (κ2) is 9.11. The Morgan fingerprint density at radius 1 is 0.963 bits per heavy atom. The number of β-amino-alcohol motifs (C(OH)–C–C–N with tert-alkyl or cyclic N) is 1. The number of aliphatic hydroxyl groups is 1. The van der Waals surface area contributed by atoms with Gasteiger partial charge < -0.3 is 19.5 Å². The van der Waals surface area contributed by atoms with Crippen molar-refractivity contribution in [2.24, 2.45) is 0 Å². The summed E-state index contributed by atoms with van der Waals surface area (Å²) in [5.41, 5.74) is 3.48. The summed E-state index contributed by atoms with van der Waals surface area (Å²) in [5.74, 6) is 1.77. The van der Waals surface area contributed by atoms with Gasteiger partial charge >= 0.3 is 0 Å². The Morgan fingerprint density at radius 3 is 2.41 bits per heavy atom. The lowest BCUT2D eigenvalue weighted by Crippen LogP contribution is -2.49. The number of aliphatic hydroxyl groups excluding tert-OH is 1. The molecule has 1 N–H and O–H groups in total. The molecule has 5 heteroatoms. The van der Waals surface area contributed by atoms with Crippen molar-refractivity contribution in [3.8, 4) is 11.5 Å². The maximum atomic E-state index is 10.4. The van der Waals surface area contributed by atoms with Gasteiger partial charge in [0.2, 0.25) is 0 Å². The highest BCUT2D eigenvalue weighted by molar-refractivity contribution is 5.58. The number of nitrogens with zero attached hydrogens (tertiary/aromatic N) is 2. The topological polar surface area (TPSA) is 45.2 Å². The SMILES string of the molecule is COc1ccccc1N1CCN(C[C@@H](O)COc2cccc(C)c2C)CC1. The number of piperazine rings is 1. The first kappa shape index (κ1) is 19.5. The number of ether oxygens (including phenoxy) is 2. The van der Waals surface area contributed by atoms with Gasteiger partial charge in [-0.2, -0.15) is 0 Å². The van der Waals surface area contributed by atoms with Crippen LogP contribution >= 0.6 is 0 Å². The van der Waals surface area contributed by atoms with E-state index in [2.05, 4.69) is 28.9 Å². The van der Waals surface area contributed by atoms with E-state index in [4.69, 9.17) is 9.47 Å². The average Bonchev–Trinajstić information content (AvgIpc) is 2.69. The molecule has 1 fully saturated rings. The lowest BCUT2D eigenvalue weighted by molar-refractivity contribution is 0.0660. The van der Waals surface area contributed by atoms with Gasteiger partial charge in [-0.15, -0.1) is 0 Å². The highest BCUT2D eigenvalue weighted by atomic mass is 16.5. The minimum Gasteiger partial charge on any atom is -0.495 e. The van der Waals surface area contributed by atoms with Gasteiger partial charge in [0.05, 0.1) is 12.8 Å². The zero-order valence-corrected chi connectivity index (χ0v) is 16.5. The maximum Gasteiger partial charge on any atom is 0.142 e. The third kappa shape index (κ3) is 4.93. The van der Waals surface area contributed by atoms with Crippen molar-refractivity contribution < 1.29 is 14.6 Å². The molecule has 2 aromatic rings. The average molecular weight is 370 g/mol. The van der Waals surface area contributed by atoms with Gasteiger partial charge in [0, 0.05) is 32.7 Å². The number of benzene rings is 2. The van der Waals surface area contributed by atoms with Gasteiger partial charge in [-0.05, 0) is 43.2 Å². The van der Waals surface area contributed by atoms with Gasteiger partial charge in [-0.3, -0.25) is 4.90 Å². The molecule has 5 nitrogen and oxygen atoms in total. The molecule has 0 aliphatic carbocycles. The fraction of sp³-hybridized carbons (Fsp3) is 0.455. The Bertz CT molecular complexity index is 742. The van der Waals surface area contributed by atoms with Gasteiger partial charge in [-0.1, -0.05) is 24.3 Å². The minimum absolute atomic E-state index is 0.316.